The van der Waals surface area contributed by atoms with E-state index in [9.17, 15) is 0 Å². The van der Waals surface area contributed by atoms with Crippen LogP contribution in [0.5, 0.6) is 0 Å². The number of hydrogen-bond donors (Lipinski definition) is 0. The fraction of sp³-hybridized carbons (Fsp3) is 0. The maximum absolute atomic E-state index is 0. The van der Waals surface area contributed by atoms with Crippen molar-refractivity contribution in [1.29, 1.82) is 0 Å². The molecule has 0 spiro atoms. The second kappa shape index (κ2) is 22.6. The Bertz CT molecular complexity index is 8.00. The topological polar surface area (TPSA) is 31.5 Å². The average Bonchev–Trinajstić information content (AvgIpc) is 0. The average molecular weight is 328 g/mol. The summed E-state index contributed by atoms with van der Waals surface area (Å²) in [4.78, 5) is 0. The van der Waals surface area contributed by atoms with E-state index >= 15 is 0 Å². The van der Waals surface area contributed by atoms with E-state index in [2.05, 4.69) is 0 Å². The molecule has 0 aliphatic heterocycles. The zero-order chi connectivity index (χ0) is 0. The summed E-state index contributed by atoms with van der Waals surface area (Å²) in [6.07, 6.45) is 0. The summed E-state index contributed by atoms with van der Waals surface area (Å²) >= 11 is 0. The van der Waals surface area contributed by atoms with E-state index in [1.54, 1.807) is 0 Å². The molecule has 0 saturated heterocycles. The van der Waals surface area contributed by atoms with E-state index in [-0.39, 0.29) is 60.1 Å². The van der Waals surface area contributed by atoms with Crippen molar-refractivity contribution >= 4 is 0 Å². The molecule has 4 heavy (non-hydrogen) atoms. The fourth-order valence-corrected chi connectivity index (χ4v) is 0. The Kier molecular flexibility index (Phi) is 252. The Balaban J connectivity index is 0. The maximum Gasteiger partial charge on any atom is 0 e. The molecule has 0 aromatic heterocycles. The molecule has 0 aromatic carbocycles. The molecule has 4 heteroatoms. The second-order valence-corrected chi connectivity index (χ2v) is 0. The van der Waals surface area contributed by atoms with E-state index in [0.29, 0.717) is 0 Å². The van der Waals surface area contributed by atoms with Gasteiger partial charge in [0.1, 0.15) is 0 Å². The van der Waals surface area contributed by atoms with Crippen LogP contribution in [0.2, 0.25) is 0 Å². The van der Waals surface area contributed by atoms with Crippen LogP contribution in [0.25, 0.3) is 0 Å². The molecule has 0 aromatic rings. The SMILES string of the molecule is O.[Fe].[Ni].[Pt]. The van der Waals surface area contributed by atoms with Crippen LogP contribution in [0, 0.1) is 0 Å². The zero-order valence-corrected chi connectivity index (χ0v) is 5.85. The first kappa shape index (κ1) is 44.6. The van der Waals surface area contributed by atoms with Crippen LogP contribution in [0.15, 0.2) is 0 Å². The smallest absolute Gasteiger partial charge is 0 e. The number of rotatable bonds is 0. The molecule has 0 bridgehead atoms. The van der Waals surface area contributed by atoms with Gasteiger partial charge in [-0.15, -0.1) is 0 Å². The normalized spacial score (nSPS) is 0. The Morgan fingerprint density at radius 1 is 1.00 bits per heavy atom. The zero-order valence-electron chi connectivity index (χ0n) is 1.49. The molecule has 0 aliphatic carbocycles. The van der Waals surface area contributed by atoms with E-state index in [1.807, 2.05) is 0 Å². The summed E-state index contributed by atoms with van der Waals surface area (Å²) < 4.78 is 0. The van der Waals surface area contributed by atoms with Crippen molar-refractivity contribution in [3.05, 3.63) is 0 Å². The molecule has 0 radical (unpaired) electrons. The van der Waals surface area contributed by atoms with Gasteiger partial charge in [-0.05, 0) is 0 Å². The van der Waals surface area contributed by atoms with Crippen molar-refractivity contribution in [2.45, 2.75) is 0 Å². The minimum Gasteiger partial charge on any atom is -0.412 e. The predicted molar refractivity (Wildman–Crippen MR) is 3.61 cm³/mol. The van der Waals surface area contributed by atoms with E-state index in [1.165, 1.54) is 0 Å². The standard InChI is InChI=1S/Fe.Ni.H2O.Pt/h;;1H2;. The van der Waals surface area contributed by atoms with Gasteiger partial charge in [0.2, 0.25) is 0 Å². The van der Waals surface area contributed by atoms with Crippen LogP contribution in [0.3, 0.4) is 0 Å². The van der Waals surface area contributed by atoms with E-state index in [0.717, 1.165) is 0 Å². The van der Waals surface area contributed by atoms with Gasteiger partial charge in [-0.2, -0.15) is 0 Å². The summed E-state index contributed by atoms with van der Waals surface area (Å²) in [7, 11) is 0. The Morgan fingerprint density at radius 3 is 1.00 bits per heavy atom. The third kappa shape index (κ3) is 9.40. The van der Waals surface area contributed by atoms with E-state index < -0.39 is 0 Å². The molecular weight excluding hydrogens is 326 g/mol. The second-order valence-electron chi connectivity index (χ2n) is 0. The molecule has 2 N–H and O–H groups in total. The summed E-state index contributed by atoms with van der Waals surface area (Å²) in [6.45, 7) is 0. The van der Waals surface area contributed by atoms with Crippen LogP contribution in [-0.2, 0) is 54.6 Å². The molecule has 0 fully saturated rings. The molecule has 0 unspecified atom stereocenters. The number of hydrogen-bond acceptors (Lipinski definition) is 0. The Labute approximate surface area is 59.9 Å². The van der Waals surface area contributed by atoms with Gasteiger partial charge in [0.25, 0.3) is 0 Å². The van der Waals surface area contributed by atoms with Gasteiger partial charge in [-0.3, -0.25) is 0 Å². The summed E-state index contributed by atoms with van der Waals surface area (Å²) in [5.41, 5.74) is 0. The van der Waals surface area contributed by atoms with Crippen molar-refractivity contribution in [3.63, 3.8) is 0 Å². The van der Waals surface area contributed by atoms with Gasteiger partial charge >= 0.3 is 0 Å². The minimum atomic E-state index is 0. The van der Waals surface area contributed by atoms with Gasteiger partial charge in [0, 0.05) is 54.6 Å². The molecule has 0 amide bonds. The molecule has 36 valence electrons. The van der Waals surface area contributed by atoms with Crippen LogP contribution < -0.4 is 0 Å². The quantitative estimate of drug-likeness (QED) is 0.520. The Morgan fingerprint density at radius 2 is 1.00 bits per heavy atom. The predicted octanol–water partition coefficient (Wildman–Crippen LogP) is -0.832. The first-order chi connectivity index (χ1) is 0. The van der Waals surface area contributed by atoms with Gasteiger partial charge < -0.3 is 5.48 Å². The fourth-order valence-electron chi connectivity index (χ4n) is 0. The van der Waals surface area contributed by atoms with Gasteiger partial charge in [-0.25, -0.2) is 0 Å². The molecular formula is H2FeNiOPt. The molecule has 0 rings (SSSR count). The minimum absolute atomic E-state index is 0. The molecule has 1 nitrogen and oxygen atoms in total. The summed E-state index contributed by atoms with van der Waals surface area (Å²) in [6, 6.07) is 0. The van der Waals surface area contributed by atoms with Gasteiger partial charge in [0.15, 0.2) is 0 Å². The van der Waals surface area contributed by atoms with E-state index in [4.69, 9.17) is 0 Å². The van der Waals surface area contributed by atoms with Crippen LogP contribution in [0.4, 0.5) is 0 Å². The summed E-state index contributed by atoms with van der Waals surface area (Å²) in [5, 5.41) is 0. The van der Waals surface area contributed by atoms with Crippen molar-refractivity contribution in [2.75, 3.05) is 0 Å². The van der Waals surface area contributed by atoms with Crippen LogP contribution >= 0.6 is 0 Å². The largest absolute Gasteiger partial charge is 0.412 e. The van der Waals surface area contributed by atoms with Crippen molar-refractivity contribution in [2.24, 2.45) is 0 Å². The first-order valence-electron chi connectivity index (χ1n) is 0. The van der Waals surface area contributed by atoms with Crippen molar-refractivity contribution < 1.29 is 60.1 Å². The van der Waals surface area contributed by atoms with Crippen LogP contribution in [0.1, 0.15) is 0 Å². The first-order valence-corrected chi connectivity index (χ1v) is 0. The molecule has 0 aliphatic rings. The van der Waals surface area contributed by atoms with Crippen molar-refractivity contribution in [1.82, 2.24) is 0 Å². The van der Waals surface area contributed by atoms with Crippen LogP contribution in [-0.4, -0.2) is 5.48 Å². The Hall–Kier alpha value is 1.66. The summed E-state index contributed by atoms with van der Waals surface area (Å²) in [5.74, 6) is 0. The monoisotopic (exact) mass is 327 g/mol. The van der Waals surface area contributed by atoms with Gasteiger partial charge in [0.05, 0.1) is 0 Å². The molecule has 0 atom stereocenters. The maximum atomic E-state index is 0. The molecule has 0 saturated carbocycles. The third-order valence-corrected chi connectivity index (χ3v) is 0. The molecule has 0 heterocycles. The third-order valence-electron chi connectivity index (χ3n) is 0. The van der Waals surface area contributed by atoms with Crippen molar-refractivity contribution in [3.8, 4) is 0 Å². The van der Waals surface area contributed by atoms with Gasteiger partial charge in [-0.1, -0.05) is 0 Å².